The van der Waals surface area contributed by atoms with Gasteiger partial charge in [-0.05, 0) is 88.0 Å². The van der Waals surface area contributed by atoms with Crippen molar-refractivity contribution >= 4 is 22.3 Å². The van der Waals surface area contributed by atoms with Crippen LogP contribution in [0.2, 0.25) is 0 Å². The number of ketones is 1. The smallest absolute Gasteiger partial charge is 0.183 e. The molecule has 164 valence electrons. The maximum Gasteiger partial charge on any atom is 0.183 e. The number of anilines is 1. The first-order valence-corrected chi connectivity index (χ1v) is 12.7. The Labute approximate surface area is 184 Å². The molecule has 5 rings (SSSR count). The average molecular weight is 429 g/mol. The van der Waals surface area contributed by atoms with Crippen LogP contribution in [0, 0.1) is 28.6 Å². The van der Waals surface area contributed by atoms with Crippen molar-refractivity contribution in [2.24, 2.45) is 28.6 Å². The van der Waals surface area contributed by atoms with Gasteiger partial charge in [0.05, 0.1) is 5.69 Å². The zero-order chi connectivity index (χ0) is 21.3. The summed E-state index contributed by atoms with van der Waals surface area (Å²) in [7, 11) is 0. The van der Waals surface area contributed by atoms with Gasteiger partial charge in [-0.15, -0.1) is 11.3 Å². The Morgan fingerprint density at radius 3 is 2.67 bits per heavy atom. The molecule has 30 heavy (non-hydrogen) atoms. The molecule has 3 saturated carbocycles. The van der Waals surface area contributed by atoms with Gasteiger partial charge in [-0.2, -0.15) is 0 Å². The molecule has 4 aliphatic rings. The van der Waals surface area contributed by atoms with Crippen LogP contribution in [0.1, 0.15) is 84.8 Å². The molecule has 0 bridgehead atoms. The number of hydrogen-bond acceptors (Lipinski definition) is 5. The molecule has 0 radical (unpaired) electrons. The molecule has 0 spiro atoms. The van der Waals surface area contributed by atoms with Crippen molar-refractivity contribution in [3.63, 3.8) is 0 Å². The topological polar surface area (TPSA) is 62.2 Å². The van der Waals surface area contributed by atoms with Gasteiger partial charge in [0.2, 0.25) is 0 Å². The number of carbonyl (C=O) groups is 1. The summed E-state index contributed by atoms with van der Waals surface area (Å²) in [6.07, 6.45) is 10.1. The lowest BCUT2D eigenvalue weighted by Crippen LogP contribution is -2.53. The Balaban J connectivity index is 1.45. The highest BCUT2D eigenvalue weighted by atomic mass is 32.1. The molecule has 0 amide bonds. The molecule has 0 saturated heterocycles. The maximum absolute atomic E-state index is 12.0. The Kier molecular flexibility index (Phi) is 4.76. The quantitative estimate of drug-likeness (QED) is 0.650. The largest absolute Gasteiger partial charge is 0.383 e. The number of nitrogens with one attached hydrogen (secondary N) is 1. The van der Waals surface area contributed by atoms with Crippen molar-refractivity contribution < 1.29 is 9.90 Å². The maximum atomic E-state index is 12.0. The van der Waals surface area contributed by atoms with Crippen molar-refractivity contribution in [3.05, 3.63) is 22.7 Å². The fraction of sp³-hybridized carbons (Fsp3) is 0.760. The van der Waals surface area contributed by atoms with Crippen LogP contribution in [-0.2, 0) is 10.4 Å². The molecule has 4 nitrogen and oxygen atoms in total. The van der Waals surface area contributed by atoms with Crippen LogP contribution in [-0.4, -0.2) is 21.9 Å². The van der Waals surface area contributed by atoms with Gasteiger partial charge in [0.15, 0.2) is 10.9 Å². The standard InChI is InChI=1S/C25H36N2O2S/c1-15(2)26-22-27-21(14-30-22)25(29)12-9-20-18-6-5-16-13-17(28)7-10-23(16,3)19(18)8-11-24(20,25)4/h13-15,18-20,29H,5-12H2,1-4H3,(H,26,27). The van der Waals surface area contributed by atoms with E-state index in [1.165, 1.54) is 12.0 Å². The summed E-state index contributed by atoms with van der Waals surface area (Å²) in [4.78, 5) is 16.9. The minimum atomic E-state index is -0.824. The van der Waals surface area contributed by atoms with Crippen LogP contribution in [0.3, 0.4) is 0 Å². The van der Waals surface area contributed by atoms with Crippen LogP contribution >= 0.6 is 11.3 Å². The summed E-state index contributed by atoms with van der Waals surface area (Å²) >= 11 is 1.62. The Morgan fingerprint density at radius 2 is 1.90 bits per heavy atom. The summed E-state index contributed by atoms with van der Waals surface area (Å²) in [6, 6.07) is 0.341. The van der Waals surface area contributed by atoms with Crippen LogP contribution in [0.15, 0.2) is 17.0 Å². The van der Waals surface area contributed by atoms with Crippen molar-refractivity contribution in [1.29, 1.82) is 0 Å². The van der Waals surface area contributed by atoms with Crippen molar-refractivity contribution in [1.82, 2.24) is 4.98 Å². The third-order valence-corrected chi connectivity index (χ3v) is 10.2. The van der Waals surface area contributed by atoms with Crippen LogP contribution in [0.4, 0.5) is 5.13 Å². The van der Waals surface area contributed by atoms with E-state index in [9.17, 15) is 9.90 Å². The van der Waals surface area contributed by atoms with E-state index in [0.717, 1.165) is 49.4 Å². The predicted octanol–water partition coefficient (Wildman–Crippen LogP) is 5.68. The van der Waals surface area contributed by atoms with Gasteiger partial charge in [-0.1, -0.05) is 19.4 Å². The van der Waals surface area contributed by atoms with Crippen molar-refractivity contribution in [2.45, 2.75) is 90.7 Å². The number of hydrogen-bond donors (Lipinski definition) is 2. The summed E-state index contributed by atoms with van der Waals surface area (Å²) in [5.74, 6) is 2.17. The van der Waals surface area contributed by atoms with E-state index in [1.807, 2.05) is 6.08 Å². The van der Waals surface area contributed by atoms with E-state index in [1.54, 1.807) is 11.3 Å². The highest BCUT2D eigenvalue weighted by molar-refractivity contribution is 7.13. The summed E-state index contributed by atoms with van der Waals surface area (Å²) in [5.41, 5.74) is 1.55. The molecular formula is C25H36N2O2S. The zero-order valence-corrected chi connectivity index (χ0v) is 19.6. The van der Waals surface area contributed by atoms with E-state index in [0.29, 0.717) is 36.0 Å². The Hall–Kier alpha value is -1.20. The van der Waals surface area contributed by atoms with Gasteiger partial charge in [0.25, 0.3) is 0 Å². The minimum absolute atomic E-state index is 0.112. The van der Waals surface area contributed by atoms with Crippen molar-refractivity contribution in [2.75, 3.05) is 5.32 Å². The fourth-order valence-electron chi connectivity index (χ4n) is 7.77. The minimum Gasteiger partial charge on any atom is -0.383 e. The predicted molar refractivity (Wildman–Crippen MR) is 121 cm³/mol. The third-order valence-electron chi connectivity index (χ3n) is 9.45. The van der Waals surface area contributed by atoms with E-state index < -0.39 is 5.60 Å². The van der Waals surface area contributed by atoms with Gasteiger partial charge in [-0.3, -0.25) is 4.79 Å². The van der Waals surface area contributed by atoms with Crippen molar-refractivity contribution in [3.8, 4) is 0 Å². The normalized spacial score (nSPS) is 43.1. The molecule has 3 fully saturated rings. The molecule has 1 aromatic heterocycles. The molecule has 1 aromatic rings. The number of allylic oxidation sites excluding steroid dienone is 1. The summed E-state index contributed by atoms with van der Waals surface area (Å²) in [6.45, 7) is 9.01. The highest BCUT2D eigenvalue weighted by Crippen LogP contribution is 2.69. The number of aromatic nitrogens is 1. The third kappa shape index (κ3) is 2.80. The first kappa shape index (κ1) is 20.7. The molecule has 5 heteroatoms. The molecule has 0 aliphatic heterocycles. The van der Waals surface area contributed by atoms with Gasteiger partial charge in [0.1, 0.15) is 5.60 Å². The van der Waals surface area contributed by atoms with Crippen LogP contribution < -0.4 is 5.32 Å². The highest BCUT2D eigenvalue weighted by Gasteiger charge is 2.65. The number of rotatable bonds is 3. The molecule has 6 unspecified atom stereocenters. The second kappa shape index (κ2) is 6.90. The van der Waals surface area contributed by atoms with E-state index in [4.69, 9.17) is 4.98 Å². The molecule has 1 heterocycles. The molecule has 4 aliphatic carbocycles. The fourth-order valence-corrected chi connectivity index (χ4v) is 8.70. The lowest BCUT2D eigenvalue weighted by molar-refractivity contribution is -0.135. The SMILES string of the molecule is CC(C)Nc1nc(C2(O)CCC3C4CCC5=CC(=O)CCC5(C)C4CCC32C)cs1. The Morgan fingerprint density at radius 1 is 1.13 bits per heavy atom. The molecule has 2 N–H and O–H groups in total. The lowest BCUT2D eigenvalue weighted by Gasteiger charge is -2.59. The second-order valence-corrected chi connectivity index (χ2v) is 12.0. The first-order chi connectivity index (χ1) is 14.2. The zero-order valence-electron chi connectivity index (χ0n) is 18.8. The van der Waals surface area contributed by atoms with Gasteiger partial charge in [-0.25, -0.2) is 4.98 Å². The van der Waals surface area contributed by atoms with Crippen LogP contribution in [0.25, 0.3) is 0 Å². The van der Waals surface area contributed by atoms with E-state index in [2.05, 4.69) is 38.4 Å². The lowest BCUT2D eigenvalue weighted by atomic mass is 9.46. The molecule has 6 atom stereocenters. The second-order valence-electron chi connectivity index (χ2n) is 11.2. The summed E-state index contributed by atoms with van der Waals surface area (Å²) < 4.78 is 0. The number of carbonyl (C=O) groups excluding carboxylic acids is 1. The first-order valence-electron chi connectivity index (χ1n) is 11.9. The number of aliphatic hydroxyl groups is 1. The van der Waals surface area contributed by atoms with E-state index in [-0.39, 0.29) is 10.8 Å². The van der Waals surface area contributed by atoms with Gasteiger partial charge in [0, 0.05) is 23.3 Å². The molecule has 0 aromatic carbocycles. The monoisotopic (exact) mass is 428 g/mol. The Bertz CT molecular complexity index is 891. The summed E-state index contributed by atoms with van der Waals surface area (Å²) in [5, 5.41) is 18.4. The number of fused-ring (bicyclic) bond motifs is 5. The molecular weight excluding hydrogens is 392 g/mol. The number of nitrogens with zero attached hydrogens (tertiary/aromatic N) is 1. The van der Waals surface area contributed by atoms with Crippen LogP contribution in [0.5, 0.6) is 0 Å². The average Bonchev–Trinajstić information content (AvgIpc) is 3.25. The number of thiazole rings is 1. The van der Waals surface area contributed by atoms with E-state index >= 15 is 0 Å². The van der Waals surface area contributed by atoms with Gasteiger partial charge >= 0.3 is 0 Å². The van der Waals surface area contributed by atoms with Gasteiger partial charge < -0.3 is 10.4 Å².